The van der Waals surface area contributed by atoms with Gasteiger partial charge in [0, 0.05) is 0 Å². The Morgan fingerprint density at radius 2 is 1.88 bits per heavy atom. The van der Waals surface area contributed by atoms with Gasteiger partial charge in [-0.1, -0.05) is 26.8 Å². The minimum Gasteiger partial charge on any atom is -0.493 e. The molecule has 0 amide bonds. The standard InChI is InChI=1S/C13H20O3/c1-13(2,3)10-5-6-11(16-8-7-14)12(9-10)15-4/h5-6,9,14H,7-8H2,1-4H3. The van der Waals surface area contributed by atoms with Crippen molar-refractivity contribution in [3.05, 3.63) is 23.8 Å². The molecule has 1 aromatic carbocycles. The summed E-state index contributed by atoms with van der Waals surface area (Å²) in [4.78, 5) is 0. The molecular formula is C13H20O3. The van der Waals surface area contributed by atoms with Crippen LogP contribution in [0.4, 0.5) is 0 Å². The van der Waals surface area contributed by atoms with Crippen LogP contribution in [0, 0.1) is 0 Å². The molecule has 3 heteroatoms. The van der Waals surface area contributed by atoms with Crippen molar-refractivity contribution in [2.75, 3.05) is 20.3 Å². The molecule has 1 rings (SSSR count). The van der Waals surface area contributed by atoms with Crippen molar-refractivity contribution in [2.24, 2.45) is 0 Å². The second kappa shape index (κ2) is 5.21. The van der Waals surface area contributed by atoms with E-state index < -0.39 is 0 Å². The van der Waals surface area contributed by atoms with E-state index in [0.717, 1.165) is 0 Å². The first-order chi connectivity index (χ1) is 7.49. The summed E-state index contributed by atoms with van der Waals surface area (Å²) >= 11 is 0. The zero-order chi connectivity index (χ0) is 12.2. The quantitative estimate of drug-likeness (QED) is 0.853. The molecule has 0 saturated carbocycles. The number of aliphatic hydroxyl groups is 1. The third-order valence-electron chi connectivity index (χ3n) is 2.38. The highest BCUT2D eigenvalue weighted by atomic mass is 16.5. The largest absolute Gasteiger partial charge is 0.493 e. The van der Waals surface area contributed by atoms with Crippen LogP contribution in [0.3, 0.4) is 0 Å². The molecule has 1 aromatic rings. The first kappa shape index (κ1) is 12.8. The lowest BCUT2D eigenvalue weighted by molar-refractivity contribution is 0.196. The van der Waals surface area contributed by atoms with Gasteiger partial charge in [-0.15, -0.1) is 0 Å². The van der Waals surface area contributed by atoms with Gasteiger partial charge in [-0.2, -0.15) is 0 Å². The number of ether oxygens (including phenoxy) is 2. The Morgan fingerprint density at radius 3 is 2.38 bits per heavy atom. The van der Waals surface area contributed by atoms with E-state index in [2.05, 4.69) is 20.8 Å². The van der Waals surface area contributed by atoms with Crippen LogP contribution in [0.25, 0.3) is 0 Å². The first-order valence-electron chi connectivity index (χ1n) is 5.41. The van der Waals surface area contributed by atoms with E-state index in [1.54, 1.807) is 7.11 Å². The third-order valence-corrected chi connectivity index (χ3v) is 2.38. The predicted octanol–water partition coefficient (Wildman–Crippen LogP) is 2.36. The molecule has 16 heavy (non-hydrogen) atoms. The normalized spacial score (nSPS) is 11.3. The molecule has 0 aliphatic heterocycles. The number of hydrogen-bond donors (Lipinski definition) is 1. The fraction of sp³-hybridized carbons (Fsp3) is 0.538. The highest BCUT2D eigenvalue weighted by molar-refractivity contribution is 5.44. The Hall–Kier alpha value is -1.22. The third kappa shape index (κ3) is 3.14. The number of benzene rings is 1. The molecule has 0 atom stereocenters. The zero-order valence-electron chi connectivity index (χ0n) is 10.4. The topological polar surface area (TPSA) is 38.7 Å². The molecule has 3 nitrogen and oxygen atoms in total. The minimum atomic E-state index is 0.00414. The smallest absolute Gasteiger partial charge is 0.161 e. The summed E-state index contributed by atoms with van der Waals surface area (Å²) in [5, 5.41) is 8.71. The molecular weight excluding hydrogens is 204 g/mol. The van der Waals surface area contributed by atoms with Gasteiger partial charge in [0.1, 0.15) is 6.61 Å². The van der Waals surface area contributed by atoms with Crippen LogP contribution < -0.4 is 9.47 Å². The molecule has 1 N–H and O–H groups in total. The molecule has 0 bridgehead atoms. The van der Waals surface area contributed by atoms with Crippen molar-refractivity contribution in [1.82, 2.24) is 0 Å². The summed E-state index contributed by atoms with van der Waals surface area (Å²) in [5.74, 6) is 1.38. The Morgan fingerprint density at radius 1 is 1.19 bits per heavy atom. The van der Waals surface area contributed by atoms with Gasteiger partial charge in [0.15, 0.2) is 11.5 Å². The Bertz CT molecular complexity index is 340. The molecule has 0 heterocycles. The van der Waals surface area contributed by atoms with Crippen molar-refractivity contribution in [2.45, 2.75) is 26.2 Å². The van der Waals surface area contributed by atoms with E-state index in [0.29, 0.717) is 11.5 Å². The maximum Gasteiger partial charge on any atom is 0.161 e. The summed E-state index contributed by atoms with van der Waals surface area (Å²) in [7, 11) is 1.62. The van der Waals surface area contributed by atoms with Gasteiger partial charge in [0.2, 0.25) is 0 Å². The Labute approximate surface area is 97.0 Å². The Balaban J connectivity index is 2.97. The van der Waals surface area contributed by atoms with Crippen LogP contribution in [0.5, 0.6) is 11.5 Å². The van der Waals surface area contributed by atoms with Gasteiger partial charge in [-0.25, -0.2) is 0 Å². The molecule has 0 unspecified atom stereocenters. The minimum absolute atomic E-state index is 0.00414. The summed E-state index contributed by atoms with van der Waals surface area (Å²) < 4.78 is 10.6. The van der Waals surface area contributed by atoms with E-state index in [1.165, 1.54) is 5.56 Å². The van der Waals surface area contributed by atoms with Gasteiger partial charge in [-0.3, -0.25) is 0 Å². The van der Waals surface area contributed by atoms with Crippen molar-refractivity contribution in [1.29, 1.82) is 0 Å². The van der Waals surface area contributed by atoms with Crippen LogP contribution in [0.2, 0.25) is 0 Å². The van der Waals surface area contributed by atoms with Crippen LogP contribution >= 0.6 is 0 Å². The fourth-order valence-electron chi connectivity index (χ4n) is 1.41. The van der Waals surface area contributed by atoms with Gasteiger partial charge in [0.25, 0.3) is 0 Å². The fourth-order valence-corrected chi connectivity index (χ4v) is 1.41. The van der Waals surface area contributed by atoms with Crippen molar-refractivity contribution < 1.29 is 14.6 Å². The zero-order valence-corrected chi connectivity index (χ0v) is 10.4. The van der Waals surface area contributed by atoms with E-state index in [9.17, 15) is 0 Å². The highest BCUT2D eigenvalue weighted by Gasteiger charge is 2.16. The monoisotopic (exact) mass is 224 g/mol. The number of aliphatic hydroxyl groups excluding tert-OH is 1. The predicted molar refractivity (Wildman–Crippen MR) is 64.3 cm³/mol. The van der Waals surface area contributed by atoms with Gasteiger partial charge in [-0.05, 0) is 23.1 Å². The number of methoxy groups -OCH3 is 1. The van der Waals surface area contributed by atoms with Gasteiger partial charge in [0.05, 0.1) is 13.7 Å². The lowest BCUT2D eigenvalue weighted by Gasteiger charge is -2.20. The SMILES string of the molecule is COc1cc(C(C)(C)C)ccc1OCCO. The average molecular weight is 224 g/mol. The summed E-state index contributed by atoms with van der Waals surface area (Å²) in [6.07, 6.45) is 0. The van der Waals surface area contributed by atoms with E-state index in [-0.39, 0.29) is 18.6 Å². The van der Waals surface area contributed by atoms with E-state index >= 15 is 0 Å². The molecule has 0 saturated heterocycles. The van der Waals surface area contributed by atoms with Crippen molar-refractivity contribution in [3.63, 3.8) is 0 Å². The Kier molecular flexibility index (Phi) is 4.19. The summed E-state index contributed by atoms with van der Waals surface area (Å²) in [6.45, 7) is 6.73. The molecule has 0 fully saturated rings. The van der Waals surface area contributed by atoms with Crippen molar-refractivity contribution >= 4 is 0 Å². The average Bonchev–Trinajstić information content (AvgIpc) is 2.24. The number of rotatable bonds is 4. The van der Waals surface area contributed by atoms with E-state index in [4.69, 9.17) is 14.6 Å². The molecule has 0 radical (unpaired) electrons. The molecule has 0 aromatic heterocycles. The summed E-state index contributed by atoms with van der Waals surface area (Å²) in [6, 6.07) is 5.89. The molecule has 90 valence electrons. The lowest BCUT2D eigenvalue weighted by atomic mass is 9.87. The maximum absolute atomic E-state index is 8.71. The molecule has 0 aliphatic carbocycles. The number of hydrogen-bond acceptors (Lipinski definition) is 3. The highest BCUT2D eigenvalue weighted by Crippen LogP contribution is 2.32. The van der Waals surface area contributed by atoms with Crippen molar-refractivity contribution in [3.8, 4) is 11.5 Å². The first-order valence-corrected chi connectivity index (χ1v) is 5.41. The second-order valence-electron chi connectivity index (χ2n) is 4.69. The van der Waals surface area contributed by atoms with Crippen LogP contribution in [0.15, 0.2) is 18.2 Å². The summed E-state index contributed by atoms with van der Waals surface area (Å²) in [5.41, 5.74) is 1.28. The van der Waals surface area contributed by atoms with E-state index in [1.807, 2.05) is 18.2 Å². The van der Waals surface area contributed by atoms with Crippen LogP contribution in [-0.2, 0) is 5.41 Å². The van der Waals surface area contributed by atoms with Gasteiger partial charge < -0.3 is 14.6 Å². The van der Waals surface area contributed by atoms with Crippen LogP contribution in [0.1, 0.15) is 26.3 Å². The van der Waals surface area contributed by atoms with Crippen LogP contribution in [-0.4, -0.2) is 25.4 Å². The maximum atomic E-state index is 8.71. The second-order valence-corrected chi connectivity index (χ2v) is 4.69. The molecule has 0 spiro atoms. The lowest BCUT2D eigenvalue weighted by Crippen LogP contribution is -2.11. The van der Waals surface area contributed by atoms with Gasteiger partial charge >= 0.3 is 0 Å². The molecule has 0 aliphatic rings.